The van der Waals surface area contributed by atoms with E-state index in [0.717, 1.165) is 0 Å². The first kappa shape index (κ1) is 11.9. The maximum absolute atomic E-state index is 5.02. The van der Waals surface area contributed by atoms with Crippen molar-refractivity contribution in [2.24, 2.45) is 0 Å². The topological polar surface area (TPSA) is 36.9 Å². The molecule has 0 fully saturated rings. The van der Waals surface area contributed by atoms with E-state index in [-0.39, 0.29) is 0 Å². The summed E-state index contributed by atoms with van der Waals surface area (Å²) in [6, 6.07) is 0. The summed E-state index contributed by atoms with van der Waals surface area (Å²) in [6.45, 7) is 13.5. The Labute approximate surface area is 83.0 Å². The SMILES string of the molecule is C=C[O][Ti]([O]C=C)([O]C=C)[O]C=C. The van der Waals surface area contributed by atoms with Gasteiger partial charge >= 0.3 is 82.8 Å². The van der Waals surface area contributed by atoms with Crippen molar-refractivity contribution in [1.29, 1.82) is 0 Å². The molecule has 0 spiro atoms. The van der Waals surface area contributed by atoms with E-state index >= 15 is 0 Å². The Morgan fingerprint density at radius 2 is 0.846 bits per heavy atom. The van der Waals surface area contributed by atoms with Gasteiger partial charge in [-0.05, 0) is 0 Å². The Balaban J connectivity index is 4.53. The first-order valence-electron chi connectivity index (χ1n) is 3.39. The second-order valence-electron chi connectivity index (χ2n) is 1.64. The molecule has 0 heterocycles. The van der Waals surface area contributed by atoms with Crippen molar-refractivity contribution in [2.75, 3.05) is 0 Å². The fraction of sp³-hybridized carbons (Fsp3) is 0. The summed E-state index contributed by atoms with van der Waals surface area (Å²) < 4.78 is 20.1. The molecular weight excluding hydrogens is 208 g/mol. The Morgan fingerprint density at radius 3 is 1.00 bits per heavy atom. The molecule has 0 radical (unpaired) electrons. The minimum atomic E-state index is -3.79. The molecule has 0 N–H and O–H groups in total. The molecule has 0 saturated heterocycles. The summed E-state index contributed by atoms with van der Waals surface area (Å²) in [5, 5.41) is 0. The van der Waals surface area contributed by atoms with Crippen LogP contribution in [-0.2, 0) is 31.4 Å². The molecule has 0 amide bonds. The Morgan fingerprint density at radius 1 is 0.615 bits per heavy atom. The molecule has 4 nitrogen and oxygen atoms in total. The zero-order valence-corrected chi connectivity index (χ0v) is 8.83. The molecule has 0 aromatic heterocycles. The van der Waals surface area contributed by atoms with Crippen LogP contribution in [0, 0.1) is 0 Å². The number of rotatable bonds is 8. The van der Waals surface area contributed by atoms with Gasteiger partial charge in [-0.1, -0.05) is 0 Å². The Kier molecular flexibility index (Phi) is 5.84. The Bertz CT molecular complexity index is 157. The van der Waals surface area contributed by atoms with Gasteiger partial charge in [-0.2, -0.15) is 0 Å². The fourth-order valence-electron chi connectivity index (χ4n) is 0.575. The summed E-state index contributed by atoms with van der Waals surface area (Å²) in [6.07, 6.45) is 4.71. The monoisotopic (exact) mass is 220 g/mol. The van der Waals surface area contributed by atoms with Crippen molar-refractivity contribution < 1.29 is 31.4 Å². The van der Waals surface area contributed by atoms with Gasteiger partial charge in [-0.25, -0.2) is 0 Å². The van der Waals surface area contributed by atoms with Gasteiger partial charge in [-0.15, -0.1) is 0 Å². The van der Waals surface area contributed by atoms with E-state index in [9.17, 15) is 0 Å². The molecule has 0 saturated carbocycles. The second-order valence-corrected chi connectivity index (χ2v) is 4.67. The van der Waals surface area contributed by atoms with Gasteiger partial charge in [0.1, 0.15) is 0 Å². The zero-order valence-electron chi connectivity index (χ0n) is 7.27. The molecule has 0 aliphatic carbocycles. The van der Waals surface area contributed by atoms with Crippen LogP contribution in [0.15, 0.2) is 51.4 Å². The van der Waals surface area contributed by atoms with Crippen molar-refractivity contribution in [1.82, 2.24) is 0 Å². The molecule has 5 heteroatoms. The fourth-order valence-corrected chi connectivity index (χ4v) is 2.37. The van der Waals surface area contributed by atoms with E-state index < -0.39 is 18.1 Å². The van der Waals surface area contributed by atoms with Gasteiger partial charge < -0.3 is 0 Å². The van der Waals surface area contributed by atoms with Crippen molar-refractivity contribution in [3.63, 3.8) is 0 Å². The summed E-state index contributed by atoms with van der Waals surface area (Å²) in [5.41, 5.74) is 0. The van der Waals surface area contributed by atoms with Gasteiger partial charge in [0.15, 0.2) is 0 Å². The normalized spacial score (nSPS) is 9.23. The maximum atomic E-state index is 5.02. The van der Waals surface area contributed by atoms with Crippen molar-refractivity contribution in [3.8, 4) is 0 Å². The molecule has 0 bridgehead atoms. The summed E-state index contributed by atoms with van der Waals surface area (Å²) in [5.74, 6) is 0. The third-order valence-electron chi connectivity index (χ3n) is 0.911. The first-order valence-corrected chi connectivity index (χ1v) is 5.94. The van der Waals surface area contributed by atoms with E-state index in [2.05, 4.69) is 26.3 Å². The van der Waals surface area contributed by atoms with Crippen LogP contribution in [0.25, 0.3) is 0 Å². The zero-order chi connectivity index (χ0) is 10.2. The molecule has 0 atom stereocenters. The van der Waals surface area contributed by atoms with E-state index in [1.165, 1.54) is 25.0 Å². The van der Waals surface area contributed by atoms with E-state index in [4.69, 9.17) is 13.3 Å². The van der Waals surface area contributed by atoms with E-state index in [1.807, 2.05) is 0 Å². The predicted molar refractivity (Wildman–Crippen MR) is 45.1 cm³/mol. The van der Waals surface area contributed by atoms with Crippen LogP contribution in [-0.4, -0.2) is 0 Å². The molecule has 0 aliphatic heterocycles. The molecule has 0 aliphatic rings. The molecule has 72 valence electrons. The van der Waals surface area contributed by atoms with Gasteiger partial charge in [0, 0.05) is 0 Å². The minimum absolute atomic E-state index is 1.18. The van der Waals surface area contributed by atoms with Crippen LogP contribution >= 0.6 is 0 Å². The summed E-state index contributed by atoms with van der Waals surface area (Å²) in [7, 11) is 0. The predicted octanol–water partition coefficient (Wildman–Crippen LogP) is 2.44. The molecule has 0 aromatic carbocycles. The molecule has 0 aromatic rings. The van der Waals surface area contributed by atoms with Crippen molar-refractivity contribution in [2.45, 2.75) is 0 Å². The number of hydrogen-bond acceptors (Lipinski definition) is 4. The third kappa shape index (κ3) is 3.87. The quantitative estimate of drug-likeness (QED) is 0.465. The van der Waals surface area contributed by atoms with E-state index in [0.29, 0.717) is 0 Å². The standard InChI is InChI=1S/4C2H4O.Ti/c4*1-2-3;/h4*2-3H,1H2;/q;;;;+4/p-4. The average molecular weight is 220 g/mol. The molecule has 0 rings (SSSR count). The second kappa shape index (κ2) is 6.40. The van der Waals surface area contributed by atoms with Gasteiger partial charge in [0.05, 0.1) is 0 Å². The Hall–Kier alpha value is -1.13. The van der Waals surface area contributed by atoms with Crippen LogP contribution < -0.4 is 0 Å². The van der Waals surface area contributed by atoms with Crippen molar-refractivity contribution in [3.05, 3.63) is 51.4 Å². The van der Waals surface area contributed by atoms with Crippen LogP contribution in [0.5, 0.6) is 0 Å². The molecule has 13 heavy (non-hydrogen) atoms. The van der Waals surface area contributed by atoms with Crippen LogP contribution in [0.1, 0.15) is 0 Å². The third-order valence-corrected chi connectivity index (χ3v) is 3.75. The van der Waals surface area contributed by atoms with Crippen LogP contribution in [0.4, 0.5) is 0 Å². The first-order chi connectivity index (χ1) is 6.24. The van der Waals surface area contributed by atoms with E-state index in [1.54, 1.807) is 0 Å². The molecule has 0 unspecified atom stereocenters. The van der Waals surface area contributed by atoms with Gasteiger partial charge in [0.2, 0.25) is 0 Å². The summed E-state index contributed by atoms with van der Waals surface area (Å²) >= 11 is -3.79. The van der Waals surface area contributed by atoms with Gasteiger partial charge in [0.25, 0.3) is 0 Å². The molecular formula is C8H12O4Ti. The van der Waals surface area contributed by atoms with Crippen LogP contribution in [0.2, 0.25) is 0 Å². The van der Waals surface area contributed by atoms with Crippen molar-refractivity contribution >= 4 is 0 Å². The summed E-state index contributed by atoms with van der Waals surface area (Å²) in [4.78, 5) is 0. The number of hydrogen-bond donors (Lipinski definition) is 0. The van der Waals surface area contributed by atoms with Crippen LogP contribution in [0.3, 0.4) is 0 Å². The average Bonchev–Trinajstić information content (AvgIpc) is 2.06. The van der Waals surface area contributed by atoms with Gasteiger partial charge in [-0.3, -0.25) is 0 Å².